The lowest BCUT2D eigenvalue weighted by Crippen LogP contribution is -2.49. The number of carbonyl (C=O) groups is 2. The first kappa shape index (κ1) is 17.2. The first-order valence-corrected chi connectivity index (χ1v) is 10.1. The molecule has 1 fully saturated rings. The van der Waals surface area contributed by atoms with Crippen molar-refractivity contribution in [1.29, 1.82) is 0 Å². The highest BCUT2D eigenvalue weighted by molar-refractivity contribution is 7.09. The lowest BCUT2D eigenvalue weighted by atomic mass is 9.73. The standard InChI is InChI=1S/C20H23N3O2S/c1-3-6-17-21-15(13-26-17)18(24)23-11-9-20(10-12-23)14-7-4-5-8-16(14)22(2)19(20)25/h4-5,7-8,13H,3,6,9-12H2,1-2H3. The van der Waals surface area contributed by atoms with E-state index in [2.05, 4.69) is 18.0 Å². The monoisotopic (exact) mass is 369 g/mol. The molecule has 4 rings (SSSR count). The first-order valence-electron chi connectivity index (χ1n) is 9.18. The highest BCUT2D eigenvalue weighted by atomic mass is 32.1. The fourth-order valence-corrected chi connectivity index (χ4v) is 5.07. The summed E-state index contributed by atoms with van der Waals surface area (Å²) in [6, 6.07) is 8.03. The van der Waals surface area contributed by atoms with Gasteiger partial charge in [-0.05, 0) is 37.3 Å². The number of likely N-dealkylation sites (N-methyl/N-ethyl adjacent to an activating group) is 1. The highest BCUT2D eigenvalue weighted by Crippen LogP contribution is 2.47. The Labute approximate surface area is 157 Å². The van der Waals surface area contributed by atoms with E-state index in [1.165, 1.54) is 0 Å². The number of para-hydroxylation sites is 1. The maximum atomic E-state index is 13.0. The molecule has 3 heterocycles. The molecule has 2 aliphatic heterocycles. The van der Waals surface area contributed by atoms with Gasteiger partial charge in [0.2, 0.25) is 5.91 Å². The van der Waals surface area contributed by atoms with Gasteiger partial charge in [-0.1, -0.05) is 25.1 Å². The maximum Gasteiger partial charge on any atom is 0.273 e. The van der Waals surface area contributed by atoms with E-state index >= 15 is 0 Å². The minimum absolute atomic E-state index is 0.00876. The summed E-state index contributed by atoms with van der Waals surface area (Å²) in [7, 11) is 1.85. The summed E-state index contributed by atoms with van der Waals surface area (Å²) in [6.45, 7) is 3.29. The van der Waals surface area contributed by atoms with E-state index in [-0.39, 0.29) is 11.8 Å². The van der Waals surface area contributed by atoms with Crippen LogP contribution in [0.1, 0.15) is 47.2 Å². The number of fused-ring (bicyclic) bond motifs is 2. The van der Waals surface area contributed by atoms with Gasteiger partial charge in [-0.3, -0.25) is 9.59 Å². The number of hydrogen-bond donors (Lipinski definition) is 0. The number of rotatable bonds is 3. The first-order chi connectivity index (χ1) is 12.6. The van der Waals surface area contributed by atoms with Gasteiger partial charge in [0, 0.05) is 31.2 Å². The van der Waals surface area contributed by atoms with Crippen LogP contribution >= 0.6 is 11.3 Å². The van der Waals surface area contributed by atoms with Crippen molar-refractivity contribution in [2.75, 3.05) is 25.0 Å². The second-order valence-corrected chi connectivity index (χ2v) is 8.07. The van der Waals surface area contributed by atoms with Crippen LogP contribution in [-0.4, -0.2) is 41.8 Å². The third-order valence-electron chi connectivity index (χ3n) is 5.63. The quantitative estimate of drug-likeness (QED) is 0.835. The zero-order chi connectivity index (χ0) is 18.3. The lowest BCUT2D eigenvalue weighted by molar-refractivity contribution is -0.124. The van der Waals surface area contributed by atoms with Gasteiger partial charge < -0.3 is 9.80 Å². The van der Waals surface area contributed by atoms with Crippen LogP contribution < -0.4 is 4.90 Å². The summed E-state index contributed by atoms with van der Waals surface area (Å²) in [5.74, 6) is 0.148. The molecule has 2 amide bonds. The Morgan fingerprint density at radius 1 is 1.27 bits per heavy atom. The van der Waals surface area contributed by atoms with E-state index < -0.39 is 5.41 Å². The van der Waals surface area contributed by atoms with Crippen molar-refractivity contribution in [3.05, 3.63) is 45.9 Å². The van der Waals surface area contributed by atoms with E-state index in [4.69, 9.17) is 0 Å². The molecular formula is C20H23N3O2S. The van der Waals surface area contributed by atoms with Crippen LogP contribution in [0.25, 0.3) is 0 Å². The molecule has 0 N–H and O–H groups in total. The van der Waals surface area contributed by atoms with E-state index in [1.807, 2.05) is 35.5 Å². The van der Waals surface area contributed by atoms with Crippen molar-refractivity contribution in [2.45, 2.75) is 38.0 Å². The molecule has 0 radical (unpaired) electrons. The van der Waals surface area contributed by atoms with Crippen LogP contribution in [0, 0.1) is 0 Å². The zero-order valence-corrected chi connectivity index (χ0v) is 16.0. The highest BCUT2D eigenvalue weighted by Gasteiger charge is 2.51. The van der Waals surface area contributed by atoms with Crippen LogP contribution in [0.3, 0.4) is 0 Å². The smallest absolute Gasteiger partial charge is 0.273 e. The molecule has 0 unspecified atom stereocenters. The second-order valence-electron chi connectivity index (χ2n) is 7.13. The normalized spacial score (nSPS) is 18.5. The van der Waals surface area contributed by atoms with E-state index in [0.717, 1.165) is 29.1 Å². The predicted molar refractivity (Wildman–Crippen MR) is 103 cm³/mol. The minimum Gasteiger partial charge on any atom is -0.337 e. The van der Waals surface area contributed by atoms with Crippen LogP contribution in [0.15, 0.2) is 29.6 Å². The Balaban J connectivity index is 1.52. The Morgan fingerprint density at radius 2 is 2.00 bits per heavy atom. The van der Waals surface area contributed by atoms with Crippen LogP contribution in [-0.2, 0) is 16.6 Å². The molecule has 1 aromatic carbocycles. The number of benzene rings is 1. The zero-order valence-electron chi connectivity index (χ0n) is 15.2. The van der Waals surface area contributed by atoms with Gasteiger partial charge in [0.05, 0.1) is 10.4 Å². The molecule has 6 heteroatoms. The third-order valence-corrected chi connectivity index (χ3v) is 6.54. The van der Waals surface area contributed by atoms with Gasteiger partial charge in [-0.15, -0.1) is 11.3 Å². The maximum absolute atomic E-state index is 13.0. The molecule has 0 aliphatic carbocycles. The molecule has 1 aromatic heterocycles. The summed E-state index contributed by atoms with van der Waals surface area (Å²) in [5.41, 5.74) is 2.18. The van der Waals surface area contributed by atoms with Crippen molar-refractivity contribution in [2.24, 2.45) is 0 Å². The van der Waals surface area contributed by atoms with Gasteiger partial charge >= 0.3 is 0 Å². The molecule has 136 valence electrons. The molecule has 0 saturated carbocycles. The van der Waals surface area contributed by atoms with Gasteiger partial charge in [-0.2, -0.15) is 0 Å². The summed E-state index contributed by atoms with van der Waals surface area (Å²) >= 11 is 1.56. The summed E-state index contributed by atoms with van der Waals surface area (Å²) in [4.78, 5) is 33.9. The number of piperidine rings is 1. The Kier molecular flexibility index (Phi) is 4.31. The number of aryl methyl sites for hydroxylation is 1. The Morgan fingerprint density at radius 3 is 2.73 bits per heavy atom. The summed E-state index contributed by atoms with van der Waals surface area (Å²) in [5, 5.41) is 2.88. The molecule has 2 aliphatic rings. The molecule has 1 saturated heterocycles. The van der Waals surface area contributed by atoms with Crippen molar-refractivity contribution in [3.8, 4) is 0 Å². The van der Waals surface area contributed by atoms with Crippen molar-refractivity contribution in [3.63, 3.8) is 0 Å². The van der Waals surface area contributed by atoms with Crippen molar-refractivity contribution < 1.29 is 9.59 Å². The van der Waals surface area contributed by atoms with Gasteiger partial charge in [0.15, 0.2) is 0 Å². The van der Waals surface area contributed by atoms with Crippen LogP contribution in [0.4, 0.5) is 5.69 Å². The molecule has 1 spiro atoms. The summed E-state index contributed by atoms with van der Waals surface area (Å²) < 4.78 is 0. The number of nitrogens with zero attached hydrogens (tertiary/aromatic N) is 3. The fourth-order valence-electron chi connectivity index (χ4n) is 4.19. The molecular weight excluding hydrogens is 346 g/mol. The molecule has 2 aromatic rings. The van der Waals surface area contributed by atoms with Gasteiger partial charge in [0.1, 0.15) is 5.69 Å². The lowest BCUT2D eigenvalue weighted by Gasteiger charge is -2.38. The van der Waals surface area contributed by atoms with E-state index in [0.29, 0.717) is 31.6 Å². The molecule has 0 bridgehead atoms. The number of likely N-dealkylation sites (tertiary alicyclic amines) is 1. The number of anilines is 1. The predicted octanol–water partition coefficient (Wildman–Crippen LogP) is 3.25. The van der Waals surface area contributed by atoms with Crippen molar-refractivity contribution >= 4 is 28.8 Å². The average molecular weight is 369 g/mol. The average Bonchev–Trinajstić information content (AvgIpc) is 3.22. The number of hydrogen-bond acceptors (Lipinski definition) is 4. The largest absolute Gasteiger partial charge is 0.337 e. The fraction of sp³-hybridized carbons (Fsp3) is 0.450. The second kappa shape index (κ2) is 6.50. The number of amides is 2. The topological polar surface area (TPSA) is 53.5 Å². The van der Waals surface area contributed by atoms with Crippen LogP contribution in [0.2, 0.25) is 0 Å². The summed E-state index contributed by atoms with van der Waals surface area (Å²) in [6.07, 6.45) is 3.29. The van der Waals surface area contributed by atoms with Crippen molar-refractivity contribution in [1.82, 2.24) is 9.88 Å². The molecule has 5 nitrogen and oxygen atoms in total. The molecule has 26 heavy (non-hydrogen) atoms. The SMILES string of the molecule is CCCc1nc(C(=O)N2CCC3(CC2)C(=O)N(C)c2ccccc23)cs1. The van der Waals surface area contributed by atoms with E-state index in [1.54, 1.807) is 16.2 Å². The van der Waals surface area contributed by atoms with Gasteiger partial charge in [-0.25, -0.2) is 4.98 Å². The van der Waals surface area contributed by atoms with Crippen LogP contribution in [0.5, 0.6) is 0 Å². The number of carbonyl (C=O) groups excluding carboxylic acids is 2. The Hall–Kier alpha value is -2.21. The number of aromatic nitrogens is 1. The Bertz CT molecular complexity index is 852. The third kappa shape index (κ3) is 2.55. The number of thiazole rings is 1. The molecule has 0 atom stereocenters. The minimum atomic E-state index is -0.475. The van der Waals surface area contributed by atoms with Gasteiger partial charge in [0.25, 0.3) is 5.91 Å². The van der Waals surface area contributed by atoms with E-state index in [9.17, 15) is 9.59 Å².